The van der Waals surface area contributed by atoms with Crippen LogP contribution in [0.25, 0.3) is 0 Å². The van der Waals surface area contributed by atoms with Gasteiger partial charge in [-0.3, -0.25) is 4.90 Å². The molecule has 0 saturated heterocycles. The lowest BCUT2D eigenvalue weighted by Crippen LogP contribution is -2.48. The maximum Gasteiger partial charge on any atom is 0.410 e. The lowest BCUT2D eigenvalue weighted by Gasteiger charge is -2.30. The monoisotopic (exact) mass is 387 g/mol. The van der Waals surface area contributed by atoms with E-state index < -0.39 is 39.7 Å². The fourth-order valence-electron chi connectivity index (χ4n) is 2.00. The van der Waals surface area contributed by atoms with E-state index in [1.54, 1.807) is 30.3 Å². The molecule has 10 heteroatoms. The van der Waals surface area contributed by atoms with Gasteiger partial charge >= 0.3 is 12.3 Å². The van der Waals surface area contributed by atoms with Crippen molar-refractivity contribution < 1.29 is 31.1 Å². The van der Waals surface area contributed by atoms with E-state index in [0.29, 0.717) is 10.5 Å². The average Bonchev–Trinajstić information content (AvgIpc) is 2.47. The number of hydrogen-bond donors (Lipinski definition) is 0. The SMILES string of the molecule is CCC(CS(=O)(=O)Cl)N(CC(F)(F)F)C(=O)OCc1ccccc1. The molecule has 24 heavy (non-hydrogen) atoms. The van der Waals surface area contributed by atoms with Gasteiger partial charge in [-0.1, -0.05) is 37.3 Å². The molecule has 0 N–H and O–H groups in total. The number of benzene rings is 1. The zero-order chi connectivity index (χ0) is 18.4. The fourth-order valence-corrected chi connectivity index (χ4v) is 3.31. The molecule has 0 aliphatic rings. The number of rotatable bonds is 7. The Labute approximate surface area is 142 Å². The van der Waals surface area contributed by atoms with Gasteiger partial charge in [0.05, 0.1) is 11.8 Å². The molecule has 1 rings (SSSR count). The van der Waals surface area contributed by atoms with Gasteiger partial charge < -0.3 is 4.74 Å². The number of nitrogens with zero attached hydrogens (tertiary/aromatic N) is 1. The van der Waals surface area contributed by atoms with Gasteiger partial charge in [0.25, 0.3) is 0 Å². The van der Waals surface area contributed by atoms with Crippen molar-refractivity contribution in [3.63, 3.8) is 0 Å². The zero-order valence-electron chi connectivity index (χ0n) is 12.8. The topological polar surface area (TPSA) is 63.7 Å². The normalized spacial score (nSPS) is 13.4. The van der Waals surface area contributed by atoms with Crippen LogP contribution in [0.15, 0.2) is 30.3 Å². The van der Waals surface area contributed by atoms with Crippen LogP contribution in [0.4, 0.5) is 18.0 Å². The molecule has 0 radical (unpaired) electrons. The second-order valence-corrected chi connectivity index (χ2v) is 7.87. The van der Waals surface area contributed by atoms with Crippen LogP contribution >= 0.6 is 10.7 Å². The van der Waals surface area contributed by atoms with E-state index in [4.69, 9.17) is 15.4 Å². The Hall–Kier alpha value is -1.48. The molecule has 0 heterocycles. The average molecular weight is 388 g/mol. The molecule has 1 atom stereocenters. The lowest BCUT2D eigenvalue weighted by molar-refractivity contribution is -0.146. The molecule has 0 saturated carbocycles. The minimum Gasteiger partial charge on any atom is -0.445 e. The summed E-state index contributed by atoms with van der Waals surface area (Å²) < 4.78 is 65.4. The van der Waals surface area contributed by atoms with Crippen LogP contribution in [0.5, 0.6) is 0 Å². The molecule has 0 bridgehead atoms. The second-order valence-electron chi connectivity index (χ2n) is 5.05. The molecule has 136 valence electrons. The van der Waals surface area contributed by atoms with Gasteiger partial charge in [-0.15, -0.1) is 0 Å². The van der Waals surface area contributed by atoms with Crippen molar-refractivity contribution in [2.24, 2.45) is 0 Å². The summed E-state index contributed by atoms with van der Waals surface area (Å²) in [5.74, 6) is -0.790. The molecule has 0 aliphatic carbocycles. The Morgan fingerprint density at radius 3 is 2.33 bits per heavy atom. The Kier molecular flexibility index (Phi) is 7.34. The number of hydrogen-bond acceptors (Lipinski definition) is 4. The maximum absolute atomic E-state index is 12.7. The summed E-state index contributed by atoms with van der Waals surface area (Å²) in [6.45, 7) is -0.385. The summed E-state index contributed by atoms with van der Waals surface area (Å²) in [4.78, 5) is 12.4. The fraction of sp³-hybridized carbons (Fsp3) is 0.500. The molecule has 0 aromatic heterocycles. The van der Waals surface area contributed by atoms with Crippen LogP contribution in [0.1, 0.15) is 18.9 Å². The van der Waals surface area contributed by atoms with Crippen LogP contribution < -0.4 is 0 Å². The highest BCUT2D eigenvalue weighted by atomic mass is 35.7. The van der Waals surface area contributed by atoms with Crippen molar-refractivity contribution in [2.75, 3.05) is 12.3 Å². The molecule has 1 aromatic carbocycles. The number of amides is 1. The molecular weight excluding hydrogens is 371 g/mol. The number of halogens is 4. The maximum atomic E-state index is 12.7. The largest absolute Gasteiger partial charge is 0.445 e. The summed E-state index contributed by atoms with van der Waals surface area (Å²) in [6.07, 6.45) is -5.97. The van der Waals surface area contributed by atoms with Crippen LogP contribution in [0.2, 0.25) is 0 Å². The van der Waals surface area contributed by atoms with Crippen molar-refractivity contribution in [3.8, 4) is 0 Å². The van der Waals surface area contributed by atoms with Gasteiger partial charge in [-0.05, 0) is 12.0 Å². The quantitative estimate of drug-likeness (QED) is 0.671. The van der Waals surface area contributed by atoms with E-state index in [9.17, 15) is 26.4 Å². The van der Waals surface area contributed by atoms with Crippen LogP contribution in [-0.4, -0.2) is 43.9 Å². The Bertz CT molecular complexity index is 637. The first kappa shape index (κ1) is 20.6. The Morgan fingerprint density at radius 1 is 1.29 bits per heavy atom. The number of ether oxygens (including phenoxy) is 1. The van der Waals surface area contributed by atoms with Crippen molar-refractivity contribution in [1.29, 1.82) is 0 Å². The molecule has 1 amide bonds. The summed E-state index contributed by atoms with van der Waals surface area (Å²) in [5, 5.41) is 0. The summed E-state index contributed by atoms with van der Waals surface area (Å²) in [7, 11) is 1.03. The number of carbonyl (C=O) groups excluding carboxylic acids is 1. The molecular formula is C14H17ClF3NO4S. The van der Waals surface area contributed by atoms with E-state index in [-0.39, 0.29) is 13.0 Å². The first-order chi connectivity index (χ1) is 11.0. The third kappa shape index (κ3) is 7.87. The van der Waals surface area contributed by atoms with Gasteiger partial charge in [0.2, 0.25) is 9.05 Å². The molecule has 1 unspecified atom stereocenters. The van der Waals surface area contributed by atoms with Gasteiger partial charge in [0.1, 0.15) is 13.2 Å². The standard InChI is InChI=1S/C14H17ClF3NO4S/c1-2-12(9-24(15,21)22)19(10-14(16,17)18)13(20)23-8-11-6-4-3-5-7-11/h3-7,12H,2,8-10H2,1H3. The highest BCUT2D eigenvalue weighted by Gasteiger charge is 2.38. The summed E-state index contributed by atoms with van der Waals surface area (Å²) >= 11 is 0. The highest BCUT2D eigenvalue weighted by Crippen LogP contribution is 2.21. The van der Waals surface area contributed by atoms with E-state index in [2.05, 4.69) is 0 Å². The van der Waals surface area contributed by atoms with Gasteiger partial charge in [0, 0.05) is 10.7 Å². The molecule has 5 nitrogen and oxygen atoms in total. The minimum atomic E-state index is -4.70. The van der Waals surface area contributed by atoms with Crippen molar-refractivity contribution >= 4 is 25.8 Å². The van der Waals surface area contributed by atoms with E-state index in [0.717, 1.165) is 0 Å². The predicted octanol–water partition coefficient (Wildman–Crippen LogP) is 3.53. The van der Waals surface area contributed by atoms with Crippen LogP contribution in [0, 0.1) is 0 Å². The van der Waals surface area contributed by atoms with E-state index in [1.807, 2.05) is 0 Å². The Balaban J connectivity index is 2.88. The predicted molar refractivity (Wildman–Crippen MR) is 83.1 cm³/mol. The first-order valence-electron chi connectivity index (χ1n) is 6.98. The van der Waals surface area contributed by atoms with Crippen LogP contribution in [0.3, 0.4) is 0 Å². The first-order valence-corrected chi connectivity index (χ1v) is 9.46. The lowest BCUT2D eigenvalue weighted by atomic mass is 10.2. The smallest absolute Gasteiger partial charge is 0.410 e. The number of alkyl halides is 3. The van der Waals surface area contributed by atoms with E-state index in [1.165, 1.54) is 6.92 Å². The van der Waals surface area contributed by atoms with Crippen molar-refractivity contribution in [1.82, 2.24) is 4.90 Å². The van der Waals surface area contributed by atoms with Crippen molar-refractivity contribution in [3.05, 3.63) is 35.9 Å². The van der Waals surface area contributed by atoms with Gasteiger partial charge in [0.15, 0.2) is 0 Å². The van der Waals surface area contributed by atoms with Gasteiger partial charge in [-0.25, -0.2) is 13.2 Å². The van der Waals surface area contributed by atoms with Crippen LogP contribution in [-0.2, 0) is 20.4 Å². The third-order valence-corrected chi connectivity index (χ3v) is 4.25. The van der Waals surface area contributed by atoms with E-state index >= 15 is 0 Å². The number of carbonyl (C=O) groups is 1. The zero-order valence-corrected chi connectivity index (χ0v) is 14.4. The Morgan fingerprint density at radius 2 is 1.88 bits per heavy atom. The van der Waals surface area contributed by atoms with Gasteiger partial charge in [-0.2, -0.15) is 13.2 Å². The van der Waals surface area contributed by atoms with Crippen molar-refractivity contribution in [2.45, 2.75) is 32.2 Å². The summed E-state index contributed by atoms with van der Waals surface area (Å²) in [6, 6.07) is 7.15. The second kappa shape index (κ2) is 8.57. The highest BCUT2D eigenvalue weighted by molar-refractivity contribution is 8.13. The third-order valence-electron chi connectivity index (χ3n) is 3.09. The molecule has 0 fully saturated rings. The molecule has 0 spiro atoms. The minimum absolute atomic E-state index is 0.0253. The molecule has 0 aliphatic heterocycles. The molecule has 1 aromatic rings. The summed E-state index contributed by atoms with van der Waals surface area (Å²) in [5.41, 5.74) is 0.593.